The lowest BCUT2D eigenvalue weighted by molar-refractivity contribution is 0.619. The first-order chi connectivity index (χ1) is 10.1. The average molecular weight is 302 g/mol. The highest BCUT2D eigenvalue weighted by Gasteiger charge is 2.12. The minimum absolute atomic E-state index is 0.572. The van der Waals surface area contributed by atoms with Crippen molar-refractivity contribution in [1.82, 2.24) is 19.6 Å². The van der Waals surface area contributed by atoms with E-state index in [-0.39, 0.29) is 0 Å². The summed E-state index contributed by atoms with van der Waals surface area (Å²) in [5, 5.41) is 9.38. The van der Waals surface area contributed by atoms with Gasteiger partial charge in [0.25, 0.3) is 0 Å². The highest BCUT2D eigenvalue weighted by molar-refractivity contribution is 6.31. The normalized spacial score (nSPS) is 11.0. The Morgan fingerprint density at radius 2 is 2.05 bits per heavy atom. The first kappa shape index (κ1) is 13.7. The summed E-state index contributed by atoms with van der Waals surface area (Å²) in [4.78, 5) is 0. The second-order valence-corrected chi connectivity index (χ2v) is 5.36. The van der Waals surface area contributed by atoms with Gasteiger partial charge in [0.1, 0.15) is 0 Å². The molecule has 0 saturated heterocycles. The van der Waals surface area contributed by atoms with Gasteiger partial charge in [0.15, 0.2) is 0 Å². The van der Waals surface area contributed by atoms with Gasteiger partial charge in [-0.2, -0.15) is 10.2 Å². The third kappa shape index (κ3) is 2.52. The van der Waals surface area contributed by atoms with E-state index in [1.165, 1.54) is 0 Å². The lowest BCUT2D eigenvalue weighted by atomic mass is 10.1. The van der Waals surface area contributed by atoms with Crippen molar-refractivity contribution in [3.8, 4) is 11.1 Å². The summed E-state index contributed by atoms with van der Waals surface area (Å²) in [6.45, 7) is 2.47. The third-order valence-electron chi connectivity index (χ3n) is 3.48. The van der Waals surface area contributed by atoms with E-state index in [0.29, 0.717) is 11.6 Å². The van der Waals surface area contributed by atoms with Crippen LogP contribution in [0.25, 0.3) is 11.1 Å². The van der Waals surface area contributed by atoms with E-state index < -0.39 is 0 Å². The Kier molecular flexibility index (Phi) is 3.43. The van der Waals surface area contributed by atoms with Crippen molar-refractivity contribution in [3.63, 3.8) is 0 Å². The topological polar surface area (TPSA) is 61.7 Å². The minimum atomic E-state index is 0.572. The molecule has 0 bridgehead atoms. The molecule has 0 aliphatic carbocycles. The van der Waals surface area contributed by atoms with Crippen LogP contribution in [0.4, 0.5) is 5.69 Å². The summed E-state index contributed by atoms with van der Waals surface area (Å²) in [5.74, 6) is 0. The van der Waals surface area contributed by atoms with Gasteiger partial charge in [-0.15, -0.1) is 0 Å². The summed E-state index contributed by atoms with van der Waals surface area (Å²) in [5.41, 5.74) is 10.5. The predicted octanol–water partition coefficient (Wildman–Crippen LogP) is 2.88. The van der Waals surface area contributed by atoms with Crippen LogP contribution in [0.15, 0.2) is 36.7 Å². The molecule has 0 aliphatic rings. The molecule has 0 unspecified atom stereocenters. The Balaban J connectivity index is 1.91. The summed E-state index contributed by atoms with van der Waals surface area (Å²) in [6.07, 6.45) is 3.77. The Morgan fingerprint density at radius 1 is 1.29 bits per heavy atom. The number of aromatic nitrogens is 4. The number of para-hydroxylation sites is 1. The smallest absolute Gasteiger partial charge is 0.0866 e. The Hall–Kier alpha value is -2.27. The van der Waals surface area contributed by atoms with E-state index >= 15 is 0 Å². The predicted molar refractivity (Wildman–Crippen MR) is 84.1 cm³/mol. The van der Waals surface area contributed by atoms with Gasteiger partial charge in [-0.3, -0.25) is 9.36 Å². The largest absolute Gasteiger partial charge is 0.398 e. The van der Waals surface area contributed by atoms with E-state index in [2.05, 4.69) is 10.2 Å². The molecular formula is C15H16ClN5. The van der Waals surface area contributed by atoms with Gasteiger partial charge in [-0.05, 0) is 13.0 Å². The number of nitrogen functional groups attached to an aromatic ring is 1. The van der Waals surface area contributed by atoms with E-state index in [0.717, 1.165) is 28.2 Å². The Labute approximate surface area is 127 Å². The van der Waals surface area contributed by atoms with Crippen molar-refractivity contribution >= 4 is 17.3 Å². The van der Waals surface area contributed by atoms with E-state index in [1.54, 1.807) is 4.68 Å². The van der Waals surface area contributed by atoms with Gasteiger partial charge < -0.3 is 5.73 Å². The van der Waals surface area contributed by atoms with Gasteiger partial charge in [0.2, 0.25) is 0 Å². The molecule has 0 spiro atoms. The molecule has 3 aromatic rings. The number of nitrogens with zero attached hydrogens (tertiary/aromatic N) is 4. The van der Waals surface area contributed by atoms with Gasteiger partial charge in [0.05, 0.1) is 29.2 Å². The van der Waals surface area contributed by atoms with Crippen molar-refractivity contribution in [2.24, 2.45) is 7.05 Å². The van der Waals surface area contributed by atoms with Crippen LogP contribution >= 0.6 is 11.6 Å². The molecule has 5 nitrogen and oxygen atoms in total. The zero-order chi connectivity index (χ0) is 15.0. The van der Waals surface area contributed by atoms with Crippen molar-refractivity contribution in [3.05, 3.63) is 53.1 Å². The molecule has 6 heteroatoms. The Bertz CT molecular complexity index is 787. The second kappa shape index (κ2) is 5.26. The molecule has 0 radical (unpaired) electrons. The molecule has 3 rings (SSSR count). The molecule has 0 amide bonds. The molecule has 21 heavy (non-hydrogen) atoms. The highest BCUT2D eigenvalue weighted by Crippen LogP contribution is 2.26. The van der Waals surface area contributed by atoms with Crippen molar-refractivity contribution in [1.29, 1.82) is 0 Å². The fourth-order valence-electron chi connectivity index (χ4n) is 2.35. The zero-order valence-corrected chi connectivity index (χ0v) is 12.7. The maximum atomic E-state index is 6.27. The quantitative estimate of drug-likeness (QED) is 0.757. The van der Waals surface area contributed by atoms with Gasteiger partial charge in [-0.1, -0.05) is 29.8 Å². The Morgan fingerprint density at radius 3 is 2.71 bits per heavy atom. The fraction of sp³-hybridized carbons (Fsp3) is 0.200. The van der Waals surface area contributed by atoms with Crippen LogP contribution in [0.2, 0.25) is 5.02 Å². The number of benzene rings is 1. The van der Waals surface area contributed by atoms with Gasteiger partial charge in [0, 0.05) is 30.1 Å². The van der Waals surface area contributed by atoms with E-state index in [1.807, 2.05) is 55.3 Å². The molecule has 108 valence electrons. The summed E-state index contributed by atoms with van der Waals surface area (Å²) < 4.78 is 3.63. The molecule has 2 aromatic heterocycles. The van der Waals surface area contributed by atoms with Crippen LogP contribution in [0.1, 0.15) is 11.4 Å². The summed E-state index contributed by atoms with van der Waals surface area (Å²) in [6, 6.07) is 7.75. The lowest BCUT2D eigenvalue weighted by Crippen LogP contribution is -2.06. The maximum absolute atomic E-state index is 6.27. The standard InChI is InChI=1S/C15H16ClN5/c1-10-15(16)14(20(2)19-10)9-21-8-11(7-18-21)12-5-3-4-6-13(12)17/h3-8H,9,17H2,1-2H3. The van der Waals surface area contributed by atoms with Crippen LogP contribution < -0.4 is 5.73 Å². The number of nitrogens with two attached hydrogens (primary N) is 1. The fourth-order valence-corrected chi connectivity index (χ4v) is 2.57. The first-order valence-corrected chi connectivity index (χ1v) is 6.99. The van der Waals surface area contributed by atoms with Crippen LogP contribution in [-0.4, -0.2) is 19.6 Å². The van der Waals surface area contributed by atoms with Crippen LogP contribution in [0, 0.1) is 6.92 Å². The van der Waals surface area contributed by atoms with Gasteiger partial charge >= 0.3 is 0 Å². The average Bonchev–Trinajstić information content (AvgIpc) is 3.01. The molecule has 2 N–H and O–H groups in total. The van der Waals surface area contributed by atoms with Gasteiger partial charge in [-0.25, -0.2) is 0 Å². The van der Waals surface area contributed by atoms with Crippen LogP contribution in [0.5, 0.6) is 0 Å². The molecule has 0 fully saturated rings. The number of halogens is 1. The molecule has 0 saturated carbocycles. The lowest BCUT2D eigenvalue weighted by Gasteiger charge is -2.04. The third-order valence-corrected chi connectivity index (χ3v) is 3.97. The number of hydrogen-bond donors (Lipinski definition) is 1. The number of anilines is 1. The summed E-state index contributed by atoms with van der Waals surface area (Å²) >= 11 is 6.27. The maximum Gasteiger partial charge on any atom is 0.0866 e. The molecule has 1 aromatic carbocycles. The first-order valence-electron chi connectivity index (χ1n) is 6.61. The van der Waals surface area contributed by atoms with Crippen molar-refractivity contribution < 1.29 is 0 Å². The molecule has 2 heterocycles. The summed E-state index contributed by atoms with van der Waals surface area (Å²) in [7, 11) is 1.88. The highest BCUT2D eigenvalue weighted by atomic mass is 35.5. The number of aryl methyl sites for hydroxylation is 2. The molecular weight excluding hydrogens is 286 g/mol. The van der Waals surface area contributed by atoms with Crippen molar-refractivity contribution in [2.45, 2.75) is 13.5 Å². The molecule has 0 atom stereocenters. The molecule has 0 aliphatic heterocycles. The van der Waals surface area contributed by atoms with E-state index in [9.17, 15) is 0 Å². The zero-order valence-electron chi connectivity index (χ0n) is 11.9. The number of rotatable bonds is 3. The van der Waals surface area contributed by atoms with Crippen molar-refractivity contribution in [2.75, 3.05) is 5.73 Å². The SMILES string of the molecule is Cc1nn(C)c(Cn2cc(-c3ccccc3N)cn2)c1Cl. The minimum Gasteiger partial charge on any atom is -0.398 e. The monoisotopic (exact) mass is 301 g/mol. The number of hydrogen-bond acceptors (Lipinski definition) is 3. The second-order valence-electron chi connectivity index (χ2n) is 4.98. The van der Waals surface area contributed by atoms with Crippen LogP contribution in [-0.2, 0) is 13.6 Å². The van der Waals surface area contributed by atoms with Crippen LogP contribution in [0.3, 0.4) is 0 Å². The van der Waals surface area contributed by atoms with E-state index in [4.69, 9.17) is 17.3 Å².